The van der Waals surface area contributed by atoms with E-state index < -0.39 is 0 Å². The maximum atomic E-state index is 6.41. The van der Waals surface area contributed by atoms with Crippen molar-refractivity contribution in [2.24, 2.45) is 23.7 Å². The van der Waals surface area contributed by atoms with E-state index in [4.69, 9.17) is 9.47 Å². The van der Waals surface area contributed by atoms with Gasteiger partial charge in [-0.05, 0) is 36.3 Å². The minimum absolute atomic E-state index is 0.0805. The molecular weight excluding hydrogens is 320 g/mol. The van der Waals surface area contributed by atoms with Gasteiger partial charge in [0.1, 0.15) is 12.4 Å². The van der Waals surface area contributed by atoms with Crippen molar-refractivity contribution >= 4 is 0 Å². The van der Waals surface area contributed by atoms with E-state index in [0.717, 1.165) is 12.4 Å². The zero-order chi connectivity index (χ0) is 18.1. The molecule has 0 unspecified atom stereocenters. The predicted molar refractivity (Wildman–Crippen MR) is 105 cm³/mol. The van der Waals surface area contributed by atoms with Crippen LogP contribution in [0.2, 0.25) is 0 Å². The lowest BCUT2D eigenvalue weighted by atomic mass is 9.64. The van der Waals surface area contributed by atoms with Crippen LogP contribution in [0.25, 0.3) is 0 Å². The molecule has 0 radical (unpaired) electrons. The molecule has 5 atom stereocenters. The van der Waals surface area contributed by atoms with Crippen LogP contribution < -0.4 is 4.74 Å². The third-order valence-electron chi connectivity index (χ3n) is 6.23. The van der Waals surface area contributed by atoms with Gasteiger partial charge in [-0.1, -0.05) is 74.0 Å². The summed E-state index contributed by atoms with van der Waals surface area (Å²) in [4.78, 5) is 0. The molecule has 26 heavy (non-hydrogen) atoms. The summed E-state index contributed by atoms with van der Waals surface area (Å²) < 4.78 is 12.6. The normalized spacial score (nSPS) is 30.6. The molecule has 0 N–H and O–H groups in total. The summed E-state index contributed by atoms with van der Waals surface area (Å²) >= 11 is 0. The van der Waals surface area contributed by atoms with E-state index in [0.29, 0.717) is 30.3 Å². The van der Waals surface area contributed by atoms with E-state index in [9.17, 15) is 0 Å². The molecule has 1 heterocycles. The predicted octanol–water partition coefficient (Wildman–Crippen LogP) is 5.80. The van der Waals surface area contributed by atoms with Gasteiger partial charge in [0.05, 0.1) is 12.7 Å². The Hall–Kier alpha value is -2.06. The molecule has 1 aliphatic carbocycles. The second kappa shape index (κ2) is 7.28. The Bertz CT molecular complexity index is 780. The Morgan fingerprint density at radius 1 is 1.00 bits per heavy atom. The van der Waals surface area contributed by atoms with Crippen molar-refractivity contribution < 1.29 is 9.47 Å². The Kier molecular flexibility index (Phi) is 4.86. The molecule has 2 heteroatoms. The van der Waals surface area contributed by atoms with Crippen molar-refractivity contribution in [1.82, 2.24) is 0 Å². The summed E-state index contributed by atoms with van der Waals surface area (Å²) in [5.41, 5.74) is 3.83. The van der Waals surface area contributed by atoms with Gasteiger partial charge in [-0.3, -0.25) is 0 Å². The van der Waals surface area contributed by atoms with Crippen LogP contribution in [0.3, 0.4) is 0 Å². The van der Waals surface area contributed by atoms with Crippen LogP contribution in [-0.4, -0.2) is 6.61 Å². The first-order valence-electron chi connectivity index (χ1n) is 9.70. The molecule has 0 spiro atoms. The molecule has 1 saturated heterocycles. The van der Waals surface area contributed by atoms with E-state index in [1.807, 2.05) is 24.3 Å². The molecule has 4 rings (SSSR count). The van der Waals surface area contributed by atoms with Gasteiger partial charge in [0.2, 0.25) is 0 Å². The number of ether oxygens (including phenoxy) is 2. The highest BCUT2D eigenvalue weighted by molar-refractivity contribution is 5.38. The zero-order valence-corrected chi connectivity index (χ0v) is 15.9. The average molecular weight is 348 g/mol. The summed E-state index contributed by atoms with van der Waals surface area (Å²) in [6.07, 6.45) is 2.54. The highest BCUT2D eigenvalue weighted by Gasteiger charge is 2.44. The third kappa shape index (κ3) is 3.19. The molecule has 2 aromatic rings. The SMILES string of the molecule is CC1=C[C@H](C)[C@@H]2CO[C@@H](c3ccccc3OCc3ccccc3)[C@H]1[C@@H]2C. The third-order valence-corrected chi connectivity index (χ3v) is 6.23. The molecule has 0 aromatic heterocycles. The first kappa shape index (κ1) is 17.4. The molecule has 0 saturated carbocycles. The smallest absolute Gasteiger partial charge is 0.125 e. The number of rotatable bonds is 4. The van der Waals surface area contributed by atoms with E-state index >= 15 is 0 Å². The highest BCUT2D eigenvalue weighted by atomic mass is 16.5. The van der Waals surface area contributed by atoms with Gasteiger partial charge in [0.15, 0.2) is 0 Å². The lowest BCUT2D eigenvalue weighted by Gasteiger charge is -2.47. The Balaban J connectivity index is 1.61. The van der Waals surface area contributed by atoms with Crippen LogP contribution in [-0.2, 0) is 11.3 Å². The van der Waals surface area contributed by atoms with E-state index in [2.05, 4.69) is 57.2 Å². The second-order valence-electron chi connectivity index (χ2n) is 7.88. The summed E-state index contributed by atoms with van der Waals surface area (Å²) in [7, 11) is 0. The average Bonchev–Trinajstić information content (AvgIpc) is 2.65. The second-order valence-corrected chi connectivity index (χ2v) is 7.88. The maximum Gasteiger partial charge on any atom is 0.125 e. The van der Waals surface area contributed by atoms with Gasteiger partial charge in [0.25, 0.3) is 0 Å². The quantitative estimate of drug-likeness (QED) is 0.650. The van der Waals surface area contributed by atoms with Crippen molar-refractivity contribution in [2.75, 3.05) is 6.61 Å². The van der Waals surface area contributed by atoms with Crippen LogP contribution in [0, 0.1) is 23.7 Å². The molecule has 1 fully saturated rings. The van der Waals surface area contributed by atoms with Crippen molar-refractivity contribution in [2.45, 2.75) is 33.5 Å². The van der Waals surface area contributed by atoms with Crippen LogP contribution in [0.1, 0.15) is 38.0 Å². The number of allylic oxidation sites excluding steroid dienone is 1. The maximum absolute atomic E-state index is 6.41. The largest absolute Gasteiger partial charge is 0.489 e. The van der Waals surface area contributed by atoms with E-state index in [1.54, 1.807) is 0 Å². The van der Waals surface area contributed by atoms with Crippen molar-refractivity contribution in [3.05, 3.63) is 77.4 Å². The zero-order valence-electron chi connectivity index (χ0n) is 15.9. The molecule has 1 aliphatic heterocycles. The highest BCUT2D eigenvalue weighted by Crippen LogP contribution is 2.51. The Morgan fingerprint density at radius 2 is 1.73 bits per heavy atom. The fourth-order valence-electron chi connectivity index (χ4n) is 4.81. The van der Waals surface area contributed by atoms with Crippen LogP contribution in [0.5, 0.6) is 5.75 Å². The van der Waals surface area contributed by atoms with Crippen LogP contribution >= 0.6 is 0 Å². The molecule has 136 valence electrons. The van der Waals surface area contributed by atoms with E-state index in [1.165, 1.54) is 16.7 Å². The van der Waals surface area contributed by atoms with Gasteiger partial charge in [0, 0.05) is 11.5 Å². The fraction of sp³-hybridized carbons (Fsp3) is 0.417. The standard InChI is InChI=1S/C24H28O2/c1-16-13-17(2)23-18(3)21(16)15-26-24(23)20-11-7-8-12-22(20)25-14-19-9-5-4-6-10-19/h4-13,16,18,21,23-24H,14-15H2,1-3H3/t16-,18+,21-,23+,24-/m0/s1. The lowest BCUT2D eigenvalue weighted by Crippen LogP contribution is -2.42. The summed E-state index contributed by atoms with van der Waals surface area (Å²) in [5, 5.41) is 0. The van der Waals surface area contributed by atoms with Crippen molar-refractivity contribution in [3.8, 4) is 5.75 Å². The molecule has 2 aliphatic rings. The first-order chi connectivity index (χ1) is 12.6. The van der Waals surface area contributed by atoms with Crippen LogP contribution in [0.15, 0.2) is 66.2 Å². The number of benzene rings is 2. The molecule has 2 nitrogen and oxygen atoms in total. The number of fused-ring (bicyclic) bond motifs is 2. The Labute approximate surface area is 156 Å². The topological polar surface area (TPSA) is 18.5 Å². The van der Waals surface area contributed by atoms with Crippen LogP contribution in [0.4, 0.5) is 0 Å². The van der Waals surface area contributed by atoms with Gasteiger partial charge in [-0.15, -0.1) is 0 Å². The first-order valence-corrected chi connectivity index (χ1v) is 9.70. The van der Waals surface area contributed by atoms with Crippen molar-refractivity contribution in [3.63, 3.8) is 0 Å². The van der Waals surface area contributed by atoms with Gasteiger partial charge in [-0.25, -0.2) is 0 Å². The lowest BCUT2D eigenvalue weighted by molar-refractivity contribution is -0.0942. The van der Waals surface area contributed by atoms with Gasteiger partial charge >= 0.3 is 0 Å². The molecule has 2 bridgehead atoms. The summed E-state index contributed by atoms with van der Waals surface area (Å²) in [6.45, 7) is 8.40. The van der Waals surface area contributed by atoms with Crippen molar-refractivity contribution in [1.29, 1.82) is 0 Å². The Morgan fingerprint density at radius 3 is 2.54 bits per heavy atom. The number of para-hydroxylation sites is 1. The monoisotopic (exact) mass is 348 g/mol. The summed E-state index contributed by atoms with van der Waals surface area (Å²) in [5.74, 6) is 3.24. The number of hydrogen-bond donors (Lipinski definition) is 0. The van der Waals surface area contributed by atoms with Gasteiger partial charge < -0.3 is 9.47 Å². The minimum Gasteiger partial charge on any atom is -0.489 e. The summed E-state index contributed by atoms with van der Waals surface area (Å²) in [6, 6.07) is 18.7. The molecular formula is C24H28O2. The number of hydrogen-bond acceptors (Lipinski definition) is 2. The molecule has 0 amide bonds. The van der Waals surface area contributed by atoms with Gasteiger partial charge in [-0.2, -0.15) is 0 Å². The fourth-order valence-corrected chi connectivity index (χ4v) is 4.81. The minimum atomic E-state index is 0.0805. The van der Waals surface area contributed by atoms with E-state index in [-0.39, 0.29) is 6.10 Å². The molecule has 2 aromatic carbocycles.